The predicted molar refractivity (Wildman–Crippen MR) is 130 cm³/mol. The Bertz CT molecular complexity index is 1160. The molecule has 1 N–H and O–H groups in total. The third-order valence-corrected chi connectivity index (χ3v) is 6.49. The molecule has 32 heavy (non-hydrogen) atoms. The molecule has 2 aliphatic rings. The Kier molecular flexibility index (Phi) is 5.87. The van der Waals surface area contributed by atoms with Crippen LogP contribution >= 0.6 is 0 Å². The van der Waals surface area contributed by atoms with Crippen LogP contribution in [0.3, 0.4) is 0 Å². The highest BCUT2D eigenvalue weighted by Gasteiger charge is 2.21. The fraction of sp³-hybridized carbons (Fsp3) is 0.286. The average molecular weight is 424 g/mol. The third-order valence-electron chi connectivity index (χ3n) is 6.49. The van der Waals surface area contributed by atoms with Crippen LogP contribution in [-0.4, -0.2) is 36.7 Å². The number of carbonyl (C=O) groups excluding carboxylic acids is 1. The summed E-state index contributed by atoms with van der Waals surface area (Å²) in [7, 11) is 0. The van der Waals surface area contributed by atoms with E-state index >= 15 is 0 Å². The molecule has 3 aromatic rings. The van der Waals surface area contributed by atoms with Gasteiger partial charge >= 0.3 is 0 Å². The molecule has 0 saturated carbocycles. The minimum Gasteiger partial charge on any atom is -0.344 e. The summed E-state index contributed by atoms with van der Waals surface area (Å²) in [5.74, 6) is -0.0275. The topological polar surface area (TPSA) is 44.7 Å². The first kappa shape index (κ1) is 20.7. The molecule has 4 heteroatoms. The lowest BCUT2D eigenvalue weighted by Crippen LogP contribution is -2.37. The SMILES string of the molecule is Cc1cccc(C(CN2CCCC2)NC(=O)c2cccc(-c3ccc4c(c3)C=NC4)c2)c1. The van der Waals surface area contributed by atoms with E-state index in [9.17, 15) is 4.79 Å². The lowest BCUT2D eigenvalue weighted by atomic mass is 9.98. The highest BCUT2D eigenvalue weighted by Crippen LogP contribution is 2.26. The van der Waals surface area contributed by atoms with Crippen LogP contribution in [-0.2, 0) is 6.54 Å². The van der Waals surface area contributed by atoms with Gasteiger partial charge in [0.2, 0.25) is 0 Å². The molecule has 4 nitrogen and oxygen atoms in total. The van der Waals surface area contributed by atoms with Crippen molar-refractivity contribution in [1.82, 2.24) is 10.2 Å². The molecule has 0 aromatic heterocycles. The Labute approximate surface area is 190 Å². The summed E-state index contributed by atoms with van der Waals surface area (Å²) in [4.78, 5) is 20.1. The number of aryl methyl sites for hydroxylation is 1. The number of nitrogens with zero attached hydrogens (tertiary/aromatic N) is 2. The van der Waals surface area contributed by atoms with E-state index in [1.165, 1.54) is 35.1 Å². The van der Waals surface area contributed by atoms with Crippen LogP contribution in [0.1, 0.15) is 51.5 Å². The average Bonchev–Trinajstić information content (AvgIpc) is 3.50. The Morgan fingerprint density at radius 2 is 1.81 bits per heavy atom. The van der Waals surface area contributed by atoms with Gasteiger partial charge in [-0.05, 0) is 78.9 Å². The summed E-state index contributed by atoms with van der Waals surface area (Å²) in [6.45, 7) is 5.92. The maximum Gasteiger partial charge on any atom is 0.251 e. The van der Waals surface area contributed by atoms with E-state index in [1.54, 1.807) is 0 Å². The maximum atomic E-state index is 13.3. The molecule has 0 bridgehead atoms. The fourth-order valence-corrected chi connectivity index (χ4v) is 4.71. The number of nitrogens with one attached hydrogen (secondary N) is 1. The molecule has 5 rings (SSSR count). The Morgan fingerprint density at radius 3 is 2.66 bits per heavy atom. The van der Waals surface area contributed by atoms with Gasteiger partial charge in [-0.1, -0.05) is 54.1 Å². The van der Waals surface area contributed by atoms with Crippen molar-refractivity contribution in [3.63, 3.8) is 0 Å². The van der Waals surface area contributed by atoms with Crippen LogP contribution in [0.4, 0.5) is 0 Å². The summed E-state index contributed by atoms with van der Waals surface area (Å²) in [5, 5.41) is 3.32. The van der Waals surface area contributed by atoms with E-state index in [1.807, 2.05) is 24.4 Å². The van der Waals surface area contributed by atoms with E-state index in [0.717, 1.165) is 37.3 Å². The molecular weight excluding hydrogens is 394 g/mol. The zero-order chi connectivity index (χ0) is 21.9. The summed E-state index contributed by atoms with van der Waals surface area (Å²) in [5.41, 5.74) is 7.65. The Hall–Kier alpha value is -3.24. The summed E-state index contributed by atoms with van der Waals surface area (Å²) in [6, 6.07) is 22.8. The lowest BCUT2D eigenvalue weighted by molar-refractivity contribution is 0.0927. The van der Waals surface area contributed by atoms with Gasteiger partial charge in [0.15, 0.2) is 0 Å². The van der Waals surface area contributed by atoms with Crippen LogP contribution in [0, 0.1) is 6.92 Å². The normalized spacial score (nSPS) is 16.2. The van der Waals surface area contributed by atoms with Crippen molar-refractivity contribution in [2.24, 2.45) is 4.99 Å². The van der Waals surface area contributed by atoms with E-state index in [4.69, 9.17) is 0 Å². The number of hydrogen-bond donors (Lipinski definition) is 1. The van der Waals surface area contributed by atoms with E-state index in [-0.39, 0.29) is 11.9 Å². The van der Waals surface area contributed by atoms with Crippen LogP contribution < -0.4 is 5.32 Å². The molecule has 1 fully saturated rings. The molecule has 0 spiro atoms. The monoisotopic (exact) mass is 423 g/mol. The van der Waals surface area contributed by atoms with Gasteiger partial charge in [0, 0.05) is 18.3 Å². The van der Waals surface area contributed by atoms with Crippen LogP contribution in [0.2, 0.25) is 0 Å². The summed E-state index contributed by atoms with van der Waals surface area (Å²) >= 11 is 0. The second-order valence-corrected chi connectivity index (χ2v) is 8.91. The molecule has 162 valence electrons. The Morgan fingerprint density at radius 1 is 1.00 bits per heavy atom. The summed E-state index contributed by atoms with van der Waals surface area (Å²) < 4.78 is 0. The largest absolute Gasteiger partial charge is 0.344 e. The van der Waals surface area contributed by atoms with Crippen molar-refractivity contribution >= 4 is 12.1 Å². The zero-order valence-corrected chi connectivity index (χ0v) is 18.6. The number of benzene rings is 3. The number of carbonyl (C=O) groups is 1. The lowest BCUT2D eigenvalue weighted by Gasteiger charge is -2.25. The molecule has 0 aliphatic carbocycles. The Balaban J connectivity index is 1.38. The van der Waals surface area contributed by atoms with Gasteiger partial charge in [0.05, 0.1) is 12.6 Å². The minimum atomic E-state index is -0.0275. The van der Waals surface area contributed by atoms with Crippen molar-refractivity contribution < 1.29 is 4.79 Å². The molecule has 1 unspecified atom stereocenters. The van der Waals surface area contributed by atoms with Gasteiger partial charge in [-0.3, -0.25) is 9.79 Å². The molecular formula is C28H29N3O. The second-order valence-electron chi connectivity index (χ2n) is 8.91. The number of fused-ring (bicyclic) bond motifs is 1. The van der Waals surface area contributed by atoms with Gasteiger partial charge in [0.1, 0.15) is 0 Å². The van der Waals surface area contributed by atoms with E-state index in [0.29, 0.717) is 5.56 Å². The van der Waals surface area contributed by atoms with Crippen molar-refractivity contribution in [1.29, 1.82) is 0 Å². The minimum absolute atomic E-state index is 0.0274. The second kappa shape index (κ2) is 9.09. The smallest absolute Gasteiger partial charge is 0.251 e. The molecule has 3 aromatic carbocycles. The van der Waals surface area contributed by atoms with Gasteiger partial charge in [0.25, 0.3) is 5.91 Å². The van der Waals surface area contributed by atoms with E-state index in [2.05, 4.69) is 70.7 Å². The van der Waals surface area contributed by atoms with Crippen molar-refractivity contribution in [2.75, 3.05) is 19.6 Å². The molecule has 0 radical (unpaired) electrons. The summed E-state index contributed by atoms with van der Waals surface area (Å²) in [6.07, 6.45) is 4.41. The van der Waals surface area contributed by atoms with E-state index < -0.39 is 0 Å². The van der Waals surface area contributed by atoms with Crippen molar-refractivity contribution in [2.45, 2.75) is 32.4 Å². The molecule has 1 atom stereocenters. The first-order chi connectivity index (χ1) is 15.7. The van der Waals surface area contributed by atoms with Crippen LogP contribution in [0.15, 0.2) is 71.7 Å². The third kappa shape index (κ3) is 4.51. The zero-order valence-electron chi connectivity index (χ0n) is 18.6. The molecule has 1 saturated heterocycles. The number of likely N-dealkylation sites (tertiary alicyclic amines) is 1. The van der Waals surface area contributed by atoms with Crippen LogP contribution in [0.25, 0.3) is 11.1 Å². The standard InChI is InChI=1S/C28H29N3O/c1-20-6-4-8-23(14-20)27(19-31-12-2-3-13-31)30-28(32)24-9-5-7-21(15-24)22-10-11-25-17-29-18-26(25)16-22/h4-11,14-16,18,27H,2-3,12-13,17,19H2,1H3,(H,30,32). The van der Waals surface area contributed by atoms with Gasteiger partial charge in [-0.15, -0.1) is 0 Å². The number of aliphatic imine (C=N–C) groups is 1. The highest BCUT2D eigenvalue weighted by atomic mass is 16.1. The first-order valence-corrected chi connectivity index (χ1v) is 11.5. The number of hydrogen-bond acceptors (Lipinski definition) is 3. The van der Waals surface area contributed by atoms with Crippen molar-refractivity contribution in [3.05, 3.63) is 94.5 Å². The van der Waals surface area contributed by atoms with Crippen molar-refractivity contribution in [3.8, 4) is 11.1 Å². The van der Waals surface area contributed by atoms with Gasteiger partial charge < -0.3 is 10.2 Å². The first-order valence-electron chi connectivity index (χ1n) is 11.5. The molecule has 2 heterocycles. The molecule has 2 aliphatic heterocycles. The number of rotatable bonds is 6. The quantitative estimate of drug-likeness (QED) is 0.595. The fourth-order valence-electron chi connectivity index (χ4n) is 4.71. The van der Waals surface area contributed by atoms with Gasteiger partial charge in [-0.25, -0.2) is 0 Å². The van der Waals surface area contributed by atoms with Gasteiger partial charge in [-0.2, -0.15) is 0 Å². The maximum absolute atomic E-state index is 13.3. The highest BCUT2D eigenvalue weighted by molar-refractivity contribution is 5.96. The van der Waals surface area contributed by atoms with Crippen LogP contribution in [0.5, 0.6) is 0 Å². The molecule has 1 amide bonds. The number of amides is 1. The predicted octanol–water partition coefficient (Wildman–Crippen LogP) is 5.16.